The second-order valence-electron chi connectivity index (χ2n) is 6.18. The van der Waals surface area contributed by atoms with Crippen molar-refractivity contribution in [1.29, 1.82) is 0 Å². The van der Waals surface area contributed by atoms with Crippen LogP contribution in [0, 0.1) is 6.92 Å². The second-order valence-corrected chi connectivity index (χ2v) is 6.18. The van der Waals surface area contributed by atoms with Crippen molar-refractivity contribution in [3.8, 4) is 0 Å². The maximum Gasteiger partial charge on any atom is 0.236 e. The molecule has 23 heavy (non-hydrogen) atoms. The normalized spacial score (nSPS) is 18.1. The van der Waals surface area contributed by atoms with Crippen LogP contribution in [0.25, 0.3) is 0 Å². The Morgan fingerprint density at radius 1 is 1.48 bits per heavy atom. The van der Waals surface area contributed by atoms with Crippen LogP contribution in [0.3, 0.4) is 0 Å². The third-order valence-corrected chi connectivity index (χ3v) is 4.02. The van der Waals surface area contributed by atoms with E-state index in [0.717, 1.165) is 25.2 Å². The molecule has 1 atom stereocenters. The van der Waals surface area contributed by atoms with Crippen LogP contribution >= 0.6 is 0 Å². The molecule has 2 aromatic rings. The van der Waals surface area contributed by atoms with Gasteiger partial charge in [-0.2, -0.15) is 10.1 Å². The van der Waals surface area contributed by atoms with Gasteiger partial charge in [0.25, 0.3) is 0 Å². The summed E-state index contributed by atoms with van der Waals surface area (Å²) in [5.41, 5.74) is 1.06. The standard InChI is InChI=1S/C15H22N6O2/c1-11-17-14(23-18-11)8-15(22)20-10-13-4-6-16-21(13)7-5-12(20)9-19(2)3/h4,6,12H,5,7-10H2,1-3H3. The number of nitrogens with zero attached hydrogens (tertiary/aromatic N) is 6. The van der Waals surface area contributed by atoms with E-state index in [1.165, 1.54) is 0 Å². The van der Waals surface area contributed by atoms with Crippen molar-refractivity contribution in [3.63, 3.8) is 0 Å². The van der Waals surface area contributed by atoms with Gasteiger partial charge in [0, 0.05) is 25.3 Å². The predicted molar refractivity (Wildman–Crippen MR) is 82.5 cm³/mol. The van der Waals surface area contributed by atoms with Crippen molar-refractivity contribution in [2.45, 2.75) is 38.9 Å². The summed E-state index contributed by atoms with van der Waals surface area (Å²) in [5, 5.41) is 8.08. The van der Waals surface area contributed by atoms with Crippen LogP contribution in [-0.4, -0.2) is 62.3 Å². The van der Waals surface area contributed by atoms with Gasteiger partial charge in [0.2, 0.25) is 11.8 Å². The molecule has 0 aromatic carbocycles. The Kier molecular flexibility index (Phi) is 4.42. The molecule has 1 aliphatic heterocycles. The molecular weight excluding hydrogens is 296 g/mol. The molecule has 0 fully saturated rings. The summed E-state index contributed by atoms with van der Waals surface area (Å²) in [5.74, 6) is 0.926. The van der Waals surface area contributed by atoms with Crippen molar-refractivity contribution < 1.29 is 9.32 Å². The molecule has 0 saturated heterocycles. The van der Waals surface area contributed by atoms with Crippen LogP contribution in [0.4, 0.5) is 0 Å². The number of fused-ring (bicyclic) bond motifs is 1. The number of aromatic nitrogens is 4. The first-order chi connectivity index (χ1) is 11.0. The number of carbonyl (C=O) groups excluding carboxylic acids is 1. The lowest BCUT2D eigenvalue weighted by Crippen LogP contribution is -2.45. The van der Waals surface area contributed by atoms with E-state index in [2.05, 4.69) is 20.1 Å². The van der Waals surface area contributed by atoms with Crippen molar-refractivity contribution >= 4 is 5.91 Å². The highest BCUT2D eigenvalue weighted by atomic mass is 16.5. The maximum atomic E-state index is 12.8. The summed E-state index contributed by atoms with van der Waals surface area (Å²) < 4.78 is 7.07. The van der Waals surface area contributed by atoms with E-state index in [1.54, 1.807) is 13.1 Å². The smallest absolute Gasteiger partial charge is 0.236 e. The maximum absolute atomic E-state index is 12.8. The molecule has 0 saturated carbocycles. The lowest BCUT2D eigenvalue weighted by atomic mass is 10.1. The fourth-order valence-corrected chi connectivity index (χ4v) is 2.97. The van der Waals surface area contributed by atoms with E-state index in [-0.39, 0.29) is 18.4 Å². The minimum absolute atomic E-state index is 0.00940. The molecule has 0 N–H and O–H groups in total. The van der Waals surface area contributed by atoms with Gasteiger partial charge in [-0.25, -0.2) is 0 Å². The van der Waals surface area contributed by atoms with Crippen molar-refractivity contribution in [2.24, 2.45) is 0 Å². The van der Waals surface area contributed by atoms with E-state index in [1.807, 2.05) is 29.7 Å². The van der Waals surface area contributed by atoms with E-state index in [9.17, 15) is 4.79 Å². The Hall–Kier alpha value is -2.22. The summed E-state index contributed by atoms with van der Waals surface area (Å²) in [6.45, 7) is 3.95. The molecular formula is C15H22N6O2. The van der Waals surface area contributed by atoms with Gasteiger partial charge in [0.1, 0.15) is 6.42 Å². The third kappa shape index (κ3) is 3.58. The SMILES string of the molecule is Cc1noc(CC(=O)N2Cc3ccnn3CCC2CN(C)C)n1. The van der Waals surface area contributed by atoms with Crippen LogP contribution in [0.1, 0.15) is 23.8 Å². The van der Waals surface area contributed by atoms with Crippen LogP contribution < -0.4 is 0 Å². The predicted octanol–water partition coefficient (Wildman–Crippen LogP) is 0.480. The average Bonchev–Trinajstić information content (AvgIpc) is 3.06. The molecule has 8 nitrogen and oxygen atoms in total. The Morgan fingerprint density at radius 3 is 3.00 bits per heavy atom. The van der Waals surface area contributed by atoms with E-state index in [4.69, 9.17) is 4.52 Å². The van der Waals surface area contributed by atoms with Gasteiger partial charge in [-0.1, -0.05) is 5.16 Å². The molecule has 1 aliphatic rings. The van der Waals surface area contributed by atoms with E-state index >= 15 is 0 Å². The number of aryl methyl sites for hydroxylation is 2. The summed E-state index contributed by atoms with van der Waals surface area (Å²) >= 11 is 0. The zero-order valence-electron chi connectivity index (χ0n) is 13.8. The molecule has 124 valence electrons. The van der Waals surface area contributed by atoms with Crippen molar-refractivity contribution in [2.75, 3.05) is 20.6 Å². The molecule has 0 spiro atoms. The molecule has 8 heteroatoms. The summed E-state index contributed by atoms with van der Waals surface area (Å²) in [7, 11) is 4.04. The summed E-state index contributed by atoms with van der Waals surface area (Å²) in [4.78, 5) is 21.0. The van der Waals surface area contributed by atoms with E-state index < -0.39 is 0 Å². The number of rotatable bonds is 4. The number of hydrogen-bond donors (Lipinski definition) is 0. The van der Waals surface area contributed by atoms with Crippen LogP contribution in [0.5, 0.6) is 0 Å². The van der Waals surface area contributed by atoms with E-state index in [0.29, 0.717) is 18.3 Å². The first-order valence-corrected chi connectivity index (χ1v) is 7.77. The Bertz CT molecular complexity index is 677. The number of likely N-dealkylation sites (N-methyl/N-ethyl adjacent to an activating group) is 1. The van der Waals surface area contributed by atoms with Gasteiger partial charge in [-0.3, -0.25) is 9.48 Å². The second kappa shape index (κ2) is 6.49. The van der Waals surface area contributed by atoms with Gasteiger partial charge in [-0.05, 0) is 33.5 Å². The summed E-state index contributed by atoms with van der Waals surface area (Å²) in [6, 6.07) is 2.11. The number of amides is 1. The minimum atomic E-state index is 0.00940. The molecule has 1 unspecified atom stereocenters. The lowest BCUT2D eigenvalue weighted by Gasteiger charge is -2.31. The van der Waals surface area contributed by atoms with Crippen LogP contribution in [0.2, 0.25) is 0 Å². The van der Waals surface area contributed by atoms with Gasteiger partial charge >= 0.3 is 0 Å². The average molecular weight is 318 g/mol. The zero-order valence-corrected chi connectivity index (χ0v) is 13.8. The highest BCUT2D eigenvalue weighted by Crippen LogP contribution is 2.19. The zero-order chi connectivity index (χ0) is 16.4. The first-order valence-electron chi connectivity index (χ1n) is 7.77. The lowest BCUT2D eigenvalue weighted by molar-refractivity contribution is -0.134. The molecule has 0 bridgehead atoms. The monoisotopic (exact) mass is 318 g/mol. The van der Waals surface area contributed by atoms with Crippen LogP contribution in [0.15, 0.2) is 16.8 Å². The van der Waals surface area contributed by atoms with Gasteiger partial charge < -0.3 is 14.3 Å². The molecule has 3 heterocycles. The fourth-order valence-electron chi connectivity index (χ4n) is 2.97. The quantitative estimate of drug-likeness (QED) is 0.816. The Balaban J connectivity index is 1.79. The molecule has 0 aliphatic carbocycles. The Labute approximate surface area is 135 Å². The van der Waals surface area contributed by atoms with Crippen LogP contribution in [-0.2, 0) is 24.3 Å². The van der Waals surface area contributed by atoms with Crippen molar-refractivity contribution in [1.82, 2.24) is 29.7 Å². The Morgan fingerprint density at radius 2 is 2.30 bits per heavy atom. The number of hydrogen-bond acceptors (Lipinski definition) is 6. The van der Waals surface area contributed by atoms with Gasteiger partial charge in [-0.15, -0.1) is 0 Å². The van der Waals surface area contributed by atoms with Gasteiger partial charge in [0.15, 0.2) is 5.82 Å². The first kappa shape index (κ1) is 15.7. The minimum Gasteiger partial charge on any atom is -0.339 e. The highest BCUT2D eigenvalue weighted by Gasteiger charge is 2.29. The van der Waals surface area contributed by atoms with Gasteiger partial charge in [0.05, 0.1) is 12.2 Å². The summed E-state index contributed by atoms with van der Waals surface area (Å²) in [6.07, 6.45) is 2.80. The fraction of sp³-hybridized carbons (Fsp3) is 0.600. The third-order valence-electron chi connectivity index (χ3n) is 4.02. The van der Waals surface area contributed by atoms with Crippen molar-refractivity contribution in [3.05, 3.63) is 29.7 Å². The molecule has 2 aromatic heterocycles. The molecule has 3 rings (SSSR count). The highest BCUT2D eigenvalue weighted by molar-refractivity contribution is 5.78. The largest absolute Gasteiger partial charge is 0.339 e. The molecule has 0 radical (unpaired) electrons. The number of carbonyl (C=O) groups is 1. The topological polar surface area (TPSA) is 80.3 Å². The molecule has 1 amide bonds.